The topological polar surface area (TPSA) is 120 Å². The van der Waals surface area contributed by atoms with Gasteiger partial charge in [-0.3, -0.25) is 20.3 Å². The fraction of sp³-hybridized carbons (Fsp3) is 0.357. The molecule has 0 amide bonds. The standard InChI is InChI=1S/C14H17N3O6/c1-3-22-13(18)9-11(14(19)23-4-2)16-15-10-7-5-6-8-12(10)17(20)21/h5-8,15H,3-4,9H2,1-2H3/b16-11-. The summed E-state index contributed by atoms with van der Waals surface area (Å²) in [4.78, 5) is 33.6. The first-order valence-electron chi connectivity index (χ1n) is 6.88. The molecular formula is C14H17N3O6. The molecule has 0 aromatic heterocycles. The molecule has 0 bridgehead atoms. The smallest absolute Gasteiger partial charge is 0.355 e. The van der Waals surface area contributed by atoms with E-state index in [0.717, 1.165) is 0 Å². The highest BCUT2D eigenvalue weighted by Gasteiger charge is 2.19. The Hall–Kier alpha value is -2.97. The van der Waals surface area contributed by atoms with E-state index < -0.39 is 23.3 Å². The number of hydrazone groups is 1. The summed E-state index contributed by atoms with van der Waals surface area (Å²) >= 11 is 0. The number of rotatable bonds is 8. The molecule has 124 valence electrons. The highest BCUT2D eigenvalue weighted by Crippen LogP contribution is 2.23. The van der Waals surface area contributed by atoms with Crippen LogP contribution in [0, 0.1) is 10.1 Å². The third kappa shape index (κ3) is 5.73. The van der Waals surface area contributed by atoms with Crippen LogP contribution >= 0.6 is 0 Å². The second-order valence-corrected chi connectivity index (χ2v) is 4.15. The van der Waals surface area contributed by atoms with Crippen molar-refractivity contribution < 1.29 is 24.0 Å². The van der Waals surface area contributed by atoms with Crippen LogP contribution < -0.4 is 5.43 Å². The number of anilines is 1. The van der Waals surface area contributed by atoms with Gasteiger partial charge in [-0.2, -0.15) is 5.10 Å². The summed E-state index contributed by atoms with van der Waals surface area (Å²) in [5, 5.41) is 14.7. The van der Waals surface area contributed by atoms with Crippen LogP contribution in [-0.2, 0) is 19.1 Å². The van der Waals surface area contributed by atoms with Gasteiger partial charge >= 0.3 is 11.9 Å². The Morgan fingerprint density at radius 2 is 1.87 bits per heavy atom. The zero-order valence-electron chi connectivity index (χ0n) is 12.8. The average Bonchev–Trinajstić information content (AvgIpc) is 2.52. The molecule has 0 saturated carbocycles. The van der Waals surface area contributed by atoms with Gasteiger partial charge in [0.25, 0.3) is 5.69 Å². The summed E-state index contributed by atoms with van der Waals surface area (Å²) in [6.07, 6.45) is -0.402. The molecule has 0 atom stereocenters. The van der Waals surface area contributed by atoms with Crippen molar-refractivity contribution in [3.63, 3.8) is 0 Å². The Bertz CT molecular complexity index is 614. The van der Waals surface area contributed by atoms with E-state index >= 15 is 0 Å². The lowest BCUT2D eigenvalue weighted by atomic mass is 10.2. The predicted molar refractivity (Wildman–Crippen MR) is 82.0 cm³/mol. The third-order valence-electron chi connectivity index (χ3n) is 2.54. The van der Waals surface area contributed by atoms with Gasteiger partial charge in [0.05, 0.1) is 24.6 Å². The minimum Gasteiger partial charge on any atom is -0.466 e. The first-order chi connectivity index (χ1) is 11.0. The summed E-state index contributed by atoms with van der Waals surface area (Å²) in [6, 6.07) is 5.78. The molecule has 0 heterocycles. The molecule has 1 aromatic rings. The van der Waals surface area contributed by atoms with Crippen LogP contribution in [0.4, 0.5) is 11.4 Å². The van der Waals surface area contributed by atoms with Crippen LogP contribution in [0.1, 0.15) is 20.3 Å². The lowest BCUT2D eigenvalue weighted by molar-refractivity contribution is -0.384. The highest BCUT2D eigenvalue weighted by molar-refractivity contribution is 6.39. The number of benzene rings is 1. The summed E-state index contributed by atoms with van der Waals surface area (Å²) in [6.45, 7) is 3.50. The molecule has 0 unspecified atom stereocenters. The quantitative estimate of drug-likeness (QED) is 0.335. The van der Waals surface area contributed by atoms with Crippen LogP contribution in [0.5, 0.6) is 0 Å². The Balaban J connectivity index is 2.98. The zero-order valence-corrected chi connectivity index (χ0v) is 12.8. The Morgan fingerprint density at radius 1 is 1.22 bits per heavy atom. The molecule has 9 heteroatoms. The molecule has 0 spiro atoms. The Kier molecular flexibility index (Phi) is 7.18. The highest BCUT2D eigenvalue weighted by atomic mass is 16.6. The molecule has 0 aliphatic carbocycles. The molecule has 0 fully saturated rings. The van der Waals surface area contributed by atoms with E-state index in [1.54, 1.807) is 19.9 Å². The Labute approximate surface area is 132 Å². The van der Waals surface area contributed by atoms with E-state index in [0.29, 0.717) is 0 Å². The number of hydrogen-bond donors (Lipinski definition) is 1. The van der Waals surface area contributed by atoms with Gasteiger partial charge < -0.3 is 9.47 Å². The number of carbonyl (C=O) groups is 2. The van der Waals surface area contributed by atoms with Crippen LogP contribution in [0.25, 0.3) is 0 Å². The van der Waals surface area contributed by atoms with Gasteiger partial charge in [-0.25, -0.2) is 4.79 Å². The number of nitro groups is 1. The van der Waals surface area contributed by atoms with Gasteiger partial charge in [0.15, 0.2) is 5.71 Å². The lowest BCUT2D eigenvalue weighted by Crippen LogP contribution is -2.23. The van der Waals surface area contributed by atoms with Crippen LogP contribution in [0.2, 0.25) is 0 Å². The first-order valence-corrected chi connectivity index (χ1v) is 6.88. The second-order valence-electron chi connectivity index (χ2n) is 4.15. The number of para-hydroxylation sites is 2. The van der Waals surface area contributed by atoms with Crippen molar-refractivity contribution in [3.05, 3.63) is 34.4 Å². The summed E-state index contributed by atoms with van der Waals surface area (Å²) in [5.74, 6) is -1.45. The number of ether oxygens (including phenoxy) is 2. The van der Waals surface area contributed by atoms with E-state index in [-0.39, 0.29) is 30.3 Å². The van der Waals surface area contributed by atoms with E-state index in [2.05, 4.69) is 10.5 Å². The van der Waals surface area contributed by atoms with Crippen molar-refractivity contribution in [2.24, 2.45) is 5.10 Å². The van der Waals surface area contributed by atoms with Gasteiger partial charge in [-0.05, 0) is 19.9 Å². The second kappa shape index (κ2) is 9.13. The van der Waals surface area contributed by atoms with E-state index in [4.69, 9.17) is 9.47 Å². The first kappa shape index (κ1) is 18.1. The number of nitrogens with zero attached hydrogens (tertiary/aromatic N) is 2. The van der Waals surface area contributed by atoms with Crippen molar-refractivity contribution in [1.29, 1.82) is 0 Å². The van der Waals surface area contributed by atoms with Crippen LogP contribution in [-0.4, -0.2) is 35.8 Å². The van der Waals surface area contributed by atoms with Gasteiger partial charge in [-0.15, -0.1) is 0 Å². The van der Waals surface area contributed by atoms with Crippen LogP contribution in [0.15, 0.2) is 29.4 Å². The SMILES string of the molecule is CCOC(=O)C/C(=N/Nc1ccccc1[N+](=O)[O-])C(=O)OCC. The molecule has 0 aliphatic rings. The Morgan fingerprint density at radius 3 is 2.48 bits per heavy atom. The van der Waals surface area contributed by atoms with Gasteiger partial charge in [0.2, 0.25) is 0 Å². The molecule has 1 aromatic carbocycles. The monoisotopic (exact) mass is 323 g/mol. The molecule has 0 radical (unpaired) electrons. The zero-order chi connectivity index (χ0) is 17.2. The number of carbonyl (C=O) groups excluding carboxylic acids is 2. The molecule has 23 heavy (non-hydrogen) atoms. The predicted octanol–water partition coefficient (Wildman–Crippen LogP) is 1.88. The summed E-state index contributed by atoms with van der Waals surface area (Å²) < 4.78 is 9.55. The maximum atomic E-state index is 11.8. The number of nitro benzene ring substituents is 1. The largest absolute Gasteiger partial charge is 0.466 e. The summed E-state index contributed by atoms with van der Waals surface area (Å²) in [5.41, 5.74) is 2.06. The van der Waals surface area contributed by atoms with Crippen molar-refractivity contribution in [1.82, 2.24) is 0 Å². The van der Waals surface area contributed by atoms with Crippen molar-refractivity contribution in [2.45, 2.75) is 20.3 Å². The minimum absolute atomic E-state index is 0.0863. The molecular weight excluding hydrogens is 306 g/mol. The molecule has 9 nitrogen and oxygen atoms in total. The molecule has 1 rings (SSSR count). The lowest BCUT2D eigenvalue weighted by Gasteiger charge is -2.07. The van der Waals surface area contributed by atoms with Crippen molar-refractivity contribution in [2.75, 3.05) is 18.6 Å². The fourth-order valence-corrected chi connectivity index (χ4v) is 1.58. The number of nitrogens with one attached hydrogen (secondary N) is 1. The maximum Gasteiger partial charge on any atom is 0.355 e. The molecule has 0 saturated heterocycles. The number of hydrogen-bond acceptors (Lipinski definition) is 8. The van der Waals surface area contributed by atoms with Gasteiger partial charge in [0, 0.05) is 6.07 Å². The minimum atomic E-state index is -0.799. The average molecular weight is 323 g/mol. The van der Waals surface area contributed by atoms with E-state index in [9.17, 15) is 19.7 Å². The normalized spacial score (nSPS) is 10.8. The van der Waals surface area contributed by atoms with Gasteiger partial charge in [-0.1, -0.05) is 12.1 Å². The van der Waals surface area contributed by atoms with E-state index in [1.165, 1.54) is 18.2 Å². The van der Waals surface area contributed by atoms with E-state index in [1.807, 2.05) is 0 Å². The van der Waals surface area contributed by atoms with Crippen LogP contribution in [0.3, 0.4) is 0 Å². The fourth-order valence-electron chi connectivity index (χ4n) is 1.58. The third-order valence-corrected chi connectivity index (χ3v) is 2.54. The van der Waals surface area contributed by atoms with Gasteiger partial charge in [0.1, 0.15) is 5.69 Å². The molecule has 0 aliphatic heterocycles. The maximum absolute atomic E-state index is 11.8. The van der Waals surface area contributed by atoms with Crippen molar-refractivity contribution >= 4 is 29.0 Å². The van der Waals surface area contributed by atoms with Crippen molar-refractivity contribution in [3.8, 4) is 0 Å². The number of esters is 2. The summed E-state index contributed by atoms with van der Waals surface area (Å²) in [7, 11) is 0. The molecule has 1 N–H and O–H groups in total.